The quantitative estimate of drug-likeness (QED) is 0.360. The van der Waals surface area contributed by atoms with Gasteiger partial charge in [-0.1, -0.05) is 54.6 Å². The highest BCUT2D eigenvalue weighted by Gasteiger charge is 2.48. The first kappa shape index (κ1) is 15.0. The van der Waals surface area contributed by atoms with E-state index < -0.39 is 15.3 Å². The minimum Gasteiger partial charge on any atom is -0.126 e. The molecule has 1 atom stereocenters. The first-order valence-electron chi connectivity index (χ1n) is 3.83. The fraction of sp³-hybridized carbons (Fsp3) is 1.00. The Morgan fingerprint density at radius 2 is 1.62 bits per heavy atom. The van der Waals surface area contributed by atoms with Crippen LogP contribution in [0.25, 0.3) is 0 Å². The lowest BCUT2D eigenvalue weighted by Crippen LogP contribution is -2.30. The summed E-state index contributed by atoms with van der Waals surface area (Å²) in [6, 6.07) is -2.94. The van der Waals surface area contributed by atoms with Crippen molar-refractivity contribution in [1.82, 2.24) is 0 Å². The topological polar surface area (TPSA) is 0 Å². The second kappa shape index (κ2) is 5.88. The largest absolute Gasteiger partial charge is 0.348 e. The summed E-state index contributed by atoms with van der Waals surface area (Å²) in [5.41, 5.74) is -0.435. The van der Waals surface area contributed by atoms with Crippen molar-refractivity contribution in [2.75, 3.05) is 0 Å². The molecule has 0 spiro atoms. The van der Waals surface area contributed by atoms with Gasteiger partial charge >= 0.3 is 6.00 Å². The Balaban J connectivity index is 4.39. The molecular weight excluding hydrogens is 313 g/mol. The van der Waals surface area contributed by atoms with Crippen molar-refractivity contribution in [3.63, 3.8) is 0 Å². The number of halogens is 6. The van der Waals surface area contributed by atoms with E-state index in [1.54, 1.807) is 0 Å². The second-order valence-corrected chi connectivity index (χ2v) is 14.0. The van der Waals surface area contributed by atoms with Crippen molar-refractivity contribution in [3.05, 3.63) is 0 Å². The summed E-state index contributed by atoms with van der Waals surface area (Å²) < 4.78 is -1.47. The van der Waals surface area contributed by atoms with Gasteiger partial charge in [-0.15, -0.1) is 33.2 Å². The lowest BCUT2D eigenvalue weighted by Gasteiger charge is -2.28. The van der Waals surface area contributed by atoms with Gasteiger partial charge in [-0.2, -0.15) is 0 Å². The molecular formula is C6H10Cl6Si. The van der Waals surface area contributed by atoms with E-state index in [0.717, 1.165) is 12.8 Å². The standard InChI is InChI=1S/C6H10Cl6Si/c1-2-3-4-5(6(7,8)9)13(10,11)12/h5H,2-4H2,1H3. The van der Waals surface area contributed by atoms with E-state index in [2.05, 4.69) is 0 Å². The van der Waals surface area contributed by atoms with E-state index in [9.17, 15) is 0 Å². The molecule has 0 rings (SSSR count). The zero-order valence-electron chi connectivity index (χ0n) is 6.97. The Morgan fingerprint density at radius 3 is 1.85 bits per heavy atom. The summed E-state index contributed by atoms with van der Waals surface area (Å²) >= 11 is 34.7. The Morgan fingerprint density at radius 1 is 1.15 bits per heavy atom. The monoisotopic (exact) mass is 320 g/mol. The lowest BCUT2D eigenvalue weighted by molar-refractivity contribution is 0.671. The van der Waals surface area contributed by atoms with E-state index >= 15 is 0 Å². The van der Waals surface area contributed by atoms with Gasteiger partial charge < -0.3 is 0 Å². The normalized spacial score (nSPS) is 15.9. The second-order valence-electron chi connectivity index (χ2n) is 2.78. The van der Waals surface area contributed by atoms with Gasteiger partial charge in [0.1, 0.15) is 0 Å². The molecule has 0 amide bonds. The number of hydrogen-bond acceptors (Lipinski definition) is 0. The zero-order valence-corrected chi connectivity index (χ0v) is 12.5. The zero-order chi connectivity index (χ0) is 10.7. The molecule has 13 heavy (non-hydrogen) atoms. The summed E-state index contributed by atoms with van der Waals surface area (Å²) in [6.45, 7) is 2.04. The summed E-state index contributed by atoms with van der Waals surface area (Å²) in [6.07, 6.45) is 2.54. The summed E-state index contributed by atoms with van der Waals surface area (Å²) in [7, 11) is 0. The van der Waals surface area contributed by atoms with Crippen molar-refractivity contribution < 1.29 is 0 Å². The third kappa shape index (κ3) is 6.19. The van der Waals surface area contributed by atoms with Crippen molar-refractivity contribution >= 4 is 74.0 Å². The summed E-state index contributed by atoms with van der Waals surface area (Å²) in [4.78, 5) is 0. The van der Waals surface area contributed by atoms with Crippen LogP contribution in [0.3, 0.4) is 0 Å². The SMILES string of the molecule is CCCCC(C(Cl)(Cl)Cl)[Si](Cl)(Cl)Cl. The molecule has 0 bridgehead atoms. The maximum absolute atomic E-state index is 5.84. The fourth-order valence-electron chi connectivity index (χ4n) is 0.921. The maximum atomic E-state index is 5.84. The van der Waals surface area contributed by atoms with Gasteiger partial charge in [0, 0.05) is 5.54 Å². The Bertz CT molecular complexity index is 134. The highest BCUT2D eigenvalue weighted by molar-refractivity contribution is 7.65. The molecule has 0 aliphatic carbocycles. The van der Waals surface area contributed by atoms with Gasteiger partial charge in [0.2, 0.25) is 0 Å². The van der Waals surface area contributed by atoms with Crippen LogP contribution in [0.15, 0.2) is 0 Å². The molecule has 0 aromatic rings. The van der Waals surface area contributed by atoms with Gasteiger partial charge in [0.25, 0.3) is 0 Å². The van der Waals surface area contributed by atoms with Gasteiger partial charge in [0.05, 0.1) is 0 Å². The molecule has 0 heterocycles. The first-order valence-corrected chi connectivity index (χ1v) is 10.1. The highest BCUT2D eigenvalue weighted by Crippen LogP contribution is 2.52. The average Bonchev–Trinajstić information content (AvgIpc) is 1.81. The predicted octanol–water partition coefficient (Wildman–Crippen LogP) is 5.57. The van der Waals surface area contributed by atoms with Gasteiger partial charge in [-0.3, -0.25) is 0 Å². The molecule has 0 N–H and O–H groups in total. The number of hydrogen-bond donors (Lipinski definition) is 0. The van der Waals surface area contributed by atoms with Crippen molar-refractivity contribution in [2.45, 2.75) is 35.5 Å². The molecule has 0 aliphatic rings. The summed E-state index contributed by atoms with van der Waals surface area (Å²) in [5.74, 6) is 0. The molecule has 1 unspecified atom stereocenters. The van der Waals surface area contributed by atoms with Crippen LogP contribution >= 0.6 is 68.0 Å². The number of alkyl halides is 3. The van der Waals surface area contributed by atoms with Crippen molar-refractivity contribution in [1.29, 1.82) is 0 Å². The third-order valence-corrected chi connectivity index (χ3v) is 6.86. The van der Waals surface area contributed by atoms with Gasteiger partial charge in [-0.05, 0) is 6.42 Å². The van der Waals surface area contributed by atoms with Crippen LogP contribution in [-0.2, 0) is 0 Å². The Hall–Kier alpha value is 1.96. The Labute approximate surface area is 109 Å². The highest BCUT2D eigenvalue weighted by atomic mass is 35.8. The molecule has 80 valence electrons. The molecule has 0 saturated heterocycles. The van der Waals surface area contributed by atoms with Crippen LogP contribution in [0.4, 0.5) is 0 Å². The predicted molar refractivity (Wildman–Crippen MR) is 66.9 cm³/mol. The van der Waals surface area contributed by atoms with Crippen LogP contribution in [0, 0.1) is 0 Å². The number of rotatable bonds is 4. The van der Waals surface area contributed by atoms with Crippen LogP contribution < -0.4 is 0 Å². The van der Waals surface area contributed by atoms with Crippen LogP contribution in [-0.4, -0.2) is 9.80 Å². The molecule has 7 heteroatoms. The first-order chi connectivity index (χ1) is 5.69. The smallest absolute Gasteiger partial charge is 0.126 e. The molecule has 0 radical (unpaired) electrons. The molecule has 0 aromatic carbocycles. The molecule has 0 aromatic heterocycles. The molecule has 0 fully saturated rings. The van der Waals surface area contributed by atoms with E-state index in [1.165, 1.54) is 0 Å². The maximum Gasteiger partial charge on any atom is 0.348 e. The van der Waals surface area contributed by atoms with E-state index in [1.807, 2.05) is 6.92 Å². The summed E-state index contributed by atoms with van der Waals surface area (Å²) in [5, 5.41) is 0. The number of unbranched alkanes of at least 4 members (excludes halogenated alkanes) is 1. The lowest BCUT2D eigenvalue weighted by atomic mass is 10.2. The average molecular weight is 323 g/mol. The van der Waals surface area contributed by atoms with Gasteiger partial charge in [-0.25, -0.2) is 0 Å². The molecule has 0 saturated carbocycles. The van der Waals surface area contributed by atoms with Crippen LogP contribution in [0.2, 0.25) is 5.54 Å². The third-order valence-electron chi connectivity index (χ3n) is 1.64. The van der Waals surface area contributed by atoms with Crippen LogP contribution in [0.1, 0.15) is 26.2 Å². The van der Waals surface area contributed by atoms with Crippen molar-refractivity contribution in [2.24, 2.45) is 0 Å². The van der Waals surface area contributed by atoms with E-state index in [-0.39, 0.29) is 0 Å². The van der Waals surface area contributed by atoms with Gasteiger partial charge in [0.15, 0.2) is 3.79 Å². The van der Waals surface area contributed by atoms with E-state index in [0.29, 0.717) is 6.42 Å². The Kier molecular flexibility index (Phi) is 6.77. The van der Waals surface area contributed by atoms with E-state index in [4.69, 9.17) is 68.0 Å². The molecule has 0 nitrogen and oxygen atoms in total. The molecule has 0 aliphatic heterocycles. The minimum absolute atomic E-state index is 0.435. The van der Waals surface area contributed by atoms with Crippen LogP contribution in [0.5, 0.6) is 0 Å². The minimum atomic E-state index is -2.94. The fourth-order valence-corrected chi connectivity index (χ4v) is 7.59. The van der Waals surface area contributed by atoms with Crippen molar-refractivity contribution in [3.8, 4) is 0 Å².